The number of ether oxygens (including phenoxy) is 3. The van der Waals surface area contributed by atoms with Crippen molar-refractivity contribution in [2.24, 2.45) is 0 Å². The Hall–Kier alpha value is -3.89. The number of carbonyl (C=O) groups is 4. The number of amides is 3. The topological polar surface area (TPSA) is 114 Å². The van der Waals surface area contributed by atoms with Crippen molar-refractivity contribution in [1.82, 2.24) is 15.1 Å². The fourth-order valence-corrected chi connectivity index (χ4v) is 5.04. The maximum atomic E-state index is 14.2. The molecule has 3 rings (SSSR count). The summed E-state index contributed by atoms with van der Waals surface area (Å²) in [7, 11) is 1.21. The third-order valence-electron chi connectivity index (χ3n) is 6.80. The molecular weight excluding hydrogens is 521 g/mol. The molecule has 1 N–H and O–H groups in total. The smallest absolute Gasteiger partial charge is 0.410 e. The van der Waals surface area contributed by atoms with E-state index in [1.165, 1.54) is 29.1 Å². The van der Waals surface area contributed by atoms with E-state index in [2.05, 4.69) is 18.5 Å². The summed E-state index contributed by atoms with van der Waals surface area (Å²) in [4.78, 5) is 55.2. The second-order valence-corrected chi connectivity index (χ2v) is 10.8. The number of rotatable bonds is 9. The molecule has 1 aromatic rings. The standard InChI is InChI=1S/C29H38FN3O7/c1-7-9-14-22-24(39-28(37)32-16-18-12-10-13-20(30)19(18)17-32)15-23(26(35)38-6)33(22)25(34)21(11-8-2)31-27(36)40-29(3,4)5/h7-8,10,12-13,21-24H,1-2,9,11,14-17H2,3-6H3,(H,31,36)/t21-,22-,23?,24+/m0/s1. The van der Waals surface area contributed by atoms with E-state index in [0.717, 1.165) is 0 Å². The van der Waals surface area contributed by atoms with Gasteiger partial charge in [0.2, 0.25) is 5.91 Å². The van der Waals surface area contributed by atoms with Gasteiger partial charge in [0.1, 0.15) is 29.6 Å². The van der Waals surface area contributed by atoms with Gasteiger partial charge in [-0.3, -0.25) is 9.69 Å². The van der Waals surface area contributed by atoms with Gasteiger partial charge in [0.25, 0.3) is 0 Å². The molecule has 3 amide bonds. The third kappa shape index (κ3) is 7.19. The Morgan fingerprint density at radius 2 is 1.90 bits per heavy atom. The highest BCUT2D eigenvalue weighted by Gasteiger charge is 2.51. The maximum Gasteiger partial charge on any atom is 0.410 e. The number of allylic oxidation sites excluding steroid dienone is 1. The molecule has 4 atom stereocenters. The predicted molar refractivity (Wildman–Crippen MR) is 144 cm³/mol. The lowest BCUT2D eigenvalue weighted by Gasteiger charge is -2.33. The Morgan fingerprint density at radius 3 is 2.50 bits per heavy atom. The molecule has 0 bridgehead atoms. The van der Waals surface area contributed by atoms with E-state index in [1.54, 1.807) is 39.0 Å². The lowest BCUT2D eigenvalue weighted by molar-refractivity contribution is -0.153. The van der Waals surface area contributed by atoms with Crippen LogP contribution in [0, 0.1) is 5.82 Å². The summed E-state index contributed by atoms with van der Waals surface area (Å²) in [5.74, 6) is -1.64. The number of carbonyl (C=O) groups excluding carboxylic acids is 4. The number of nitrogens with zero attached hydrogens (tertiary/aromatic N) is 2. The van der Waals surface area contributed by atoms with Crippen LogP contribution in [-0.2, 0) is 36.9 Å². The predicted octanol–water partition coefficient (Wildman–Crippen LogP) is 4.22. The minimum atomic E-state index is -1.09. The first-order chi connectivity index (χ1) is 18.9. The van der Waals surface area contributed by atoms with Crippen LogP contribution in [-0.4, -0.2) is 70.8 Å². The van der Waals surface area contributed by atoms with Gasteiger partial charge in [-0.1, -0.05) is 24.3 Å². The van der Waals surface area contributed by atoms with Gasteiger partial charge >= 0.3 is 18.2 Å². The van der Waals surface area contributed by atoms with Crippen LogP contribution in [0.5, 0.6) is 0 Å². The van der Waals surface area contributed by atoms with Crippen molar-refractivity contribution in [3.05, 3.63) is 60.5 Å². The van der Waals surface area contributed by atoms with Crippen LogP contribution in [0.15, 0.2) is 43.5 Å². The van der Waals surface area contributed by atoms with Crippen LogP contribution in [0.3, 0.4) is 0 Å². The molecule has 218 valence electrons. The zero-order valence-electron chi connectivity index (χ0n) is 23.5. The Bertz CT molecular complexity index is 1150. The van der Waals surface area contributed by atoms with Gasteiger partial charge in [-0.05, 0) is 51.7 Å². The van der Waals surface area contributed by atoms with Crippen molar-refractivity contribution in [2.75, 3.05) is 7.11 Å². The van der Waals surface area contributed by atoms with Crippen molar-refractivity contribution >= 4 is 24.1 Å². The maximum absolute atomic E-state index is 14.2. The van der Waals surface area contributed by atoms with E-state index >= 15 is 0 Å². The molecule has 2 aliphatic heterocycles. The lowest BCUT2D eigenvalue weighted by atomic mass is 10.0. The summed E-state index contributed by atoms with van der Waals surface area (Å²) >= 11 is 0. The SMILES string of the molecule is C=CCC[C@H]1[C@H](OC(=O)N2Cc3cccc(F)c3C2)CC(C(=O)OC)N1C(=O)[C@H](CC=C)NC(=O)OC(C)(C)C. The summed E-state index contributed by atoms with van der Waals surface area (Å²) in [6.45, 7) is 12.8. The number of nitrogens with one attached hydrogen (secondary N) is 1. The molecule has 0 radical (unpaired) electrons. The summed E-state index contributed by atoms with van der Waals surface area (Å²) < 4.78 is 30.4. The van der Waals surface area contributed by atoms with Crippen LogP contribution >= 0.6 is 0 Å². The van der Waals surface area contributed by atoms with Gasteiger partial charge in [0, 0.05) is 18.5 Å². The zero-order chi connectivity index (χ0) is 29.6. The second-order valence-electron chi connectivity index (χ2n) is 10.8. The number of halogens is 1. The average Bonchev–Trinajstić information content (AvgIpc) is 3.48. The van der Waals surface area contributed by atoms with Crippen LogP contribution in [0.4, 0.5) is 14.0 Å². The molecule has 40 heavy (non-hydrogen) atoms. The molecule has 0 saturated carbocycles. The number of likely N-dealkylation sites (tertiary alicyclic amines) is 1. The number of hydrogen-bond donors (Lipinski definition) is 1. The summed E-state index contributed by atoms with van der Waals surface area (Å²) in [5, 5.41) is 2.57. The molecule has 0 aliphatic carbocycles. The fourth-order valence-electron chi connectivity index (χ4n) is 5.04. The molecular formula is C29H38FN3O7. The monoisotopic (exact) mass is 559 g/mol. The van der Waals surface area contributed by atoms with Crippen LogP contribution in [0.2, 0.25) is 0 Å². The molecule has 0 spiro atoms. The normalized spacial score (nSPS) is 20.8. The highest BCUT2D eigenvalue weighted by molar-refractivity contribution is 5.91. The first-order valence-corrected chi connectivity index (χ1v) is 13.2. The summed E-state index contributed by atoms with van der Waals surface area (Å²) in [6.07, 6.45) is 1.65. The van der Waals surface area contributed by atoms with E-state index in [1.807, 2.05) is 0 Å². The quantitative estimate of drug-likeness (QED) is 0.274. The number of alkyl carbamates (subject to hydrolysis) is 1. The van der Waals surface area contributed by atoms with E-state index in [-0.39, 0.29) is 25.9 Å². The molecule has 1 aromatic carbocycles. The molecule has 2 aliphatic rings. The Kier molecular flexibility index (Phi) is 9.94. The average molecular weight is 560 g/mol. The Labute approximate surface area is 234 Å². The molecule has 0 aromatic heterocycles. The fraction of sp³-hybridized carbons (Fsp3) is 0.517. The van der Waals surface area contributed by atoms with Gasteiger partial charge in [-0.15, -0.1) is 13.2 Å². The van der Waals surface area contributed by atoms with Gasteiger partial charge < -0.3 is 24.4 Å². The van der Waals surface area contributed by atoms with Crippen molar-refractivity contribution in [3.8, 4) is 0 Å². The minimum absolute atomic E-state index is 0.00560. The first kappa shape index (κ1) is 30.6. The number of hydrogen-bond acceptors (Lipinski definition) is 7. The van der Waals surface area contributed by atoms with Crippen LogP contribution in [0.25, 0.3) is 0 Å². The summed E-state index contributed by atoms with van der Waals surface area (Å²) in [5.41, 5.74) is 0.327. The molecule has 1 fully saturated rings. The van der Waals surface area contributed by atoms with Gasteiger partial charge in [0.15, 0.2) is 0 Å². The number of benzene rings is 1. The van der Waals surface area contributed by atoms with Gasteiger partial charge in [-0.2, -0.15) is 0 Å². The third-order valence-corrected chi connectivity index (χ3v) is 6.80. The van der Waals surface area contributed by atoms with E-state index in [0.29, 0.717) is 24.0 Å². The van der Waals surface area contributed by atoms with E-state index in [4.69, 9.17) is 14.2 Å². The number of methoxy groups -OCH3 is 1. The van der Waals surface area contributed by atoms with Crippen molar-refractivity contribution in [3.63, 3.8) is 0 Å². The minimum Gasteiger partial charge on any atom is -0.467 e. The van der Waals surface area contributed by atoms with Gasteiger partial charge in [-0.25, -0.2) is 18.8 Å². The van der Waals surface area contributed by atoms with Crippen LogP contribution in [0.1, 0.15) is 57.6 Å². The largest absolute Gasteiger partial charge is 0.467 e. The van der Waals surface area contributed by atoms with E-state index < -0.39 is 59.7 Å². The van der Waals surface area contributed by atoms with Crippen molar-refractivity contribution in [2.45, 2.75) is 89.4 Å². The highest BCUT2D eigenvalue weighted by atomic mass is 19.1. The first-order valence-electron chi connectivity index (χ1n) is 13.2. The number of fused-ring (bicyclic) bond motifs is 1. The highest BCUT2D eigenvalue weighted by Crippen LogP contribution is 2.34. The molecule has 1 unspecified atom stereocenters. The zero-order valence-corrected chi connectivity index (χ0v) is 23.5. The molecule has 11 heteroatoms. The Balaban J connectivity index is 1.86. The summed E-state index contributed by atoms with van der Waals surface area (Å²) in [6, 6.07) is 1.81. The van der Waals surface area contributed by atoms with Crippen molar-refractivity contribution < 1.29 is 37.8 Å². The molecule has 1 saturated heterocycles. The number of esters is 1. The van der Waals surface area contributed by atoms with Crippen LogP contribution < -0.4 is 5.32 Å². The van der Waals surface area contributed by atoms with Crippen molar-refractivity contribution in [1.29, 1.82) is 0 Å². The molecule has 2 heterocycles. The van der Waals surface area contributed by atoms with E-state index in [9.17, 15) is 23.6 Å². The lowest BCUT2D eigenvalue weighted by Crippen LogP contribution is -2.55. The van der Waals surface area contributed by atoms with Gasteiger partial charge in [0.05, 0.1) is 19.7 Å². The second kappa shape index (κ2) is 13.0. The molecule has 10 nitrogen and oxygen atoms in total. The Morgan fingerprint density at radius 1 is 1.18 bits per heavy atom.